The highest BCUT2D eigenvalue weighted by Gasteiger charge is 2.59. The fourth-order valence-electron chi connectivity index (χ4n) is 2.72. The molecule has 2 saturated heterocycles. The van der Waals surface area contributed by atoms with Gasteiger partial charge in [-0.25, -0.2) is 4.31 Å². The van der Waals surface area contributed by atoms with Crippen LogP contribution in [0, 0.1) is 0 Å². The van der Waals surface area contributed by atoms with Crippen molar-refractivity contribution in [2.75, 3.05) is 6.61 Å². The Labute approximate surface area is 99.2 Å². The topological polar surface area (TPSA) is 63.7 Å². The van der Waals surface area contributed by atoms with Crippen molar-refractivity contribution >= 4 is 25.8 Å². The number of rotatable bonds is 1. The Kier molecular flexibility index (Phi) is 2.53. The SMILES string of the molecule is CC1(C)CC2(CCO1)CC(=O)N2S(=O)(=O)Cl. The maximum absolute atomic E-state index is 11.4. The summed E-state index contributed by atoms with van der Waals surface area (Å²) in [6.07, 6.45) is 1.26. The van der Waals surface area contributed by atoms with Gasteiger partial charge in [-0.3, -0.25) is 4.79 Å². The molecule has 0 N–H and O–H groups in total. The van der Waals surface area contributed by atoms with Gasteiger partial charge in [0.2, 0.25) is 5.91 Å². The van der Waals surface area contributed by atoms with E-state index in [1.807, 2.05) is 13.8 Å². The van der Waals surface area contributed by atoms with Crippen LogP contribution in [-0.4, -0.2) is 36.4 Å². The number of nitrogens with zero attached hydrogens (tertiary/aromatic N) is 1. The van der Waals surface area contributed by atoms with Crippen LogP contribution in [0.4, 0.5) is 0 Å². The number of β-lactam (4-membered cyclic amide) rings is 1. The first-order chi connectivity index (χ1) is 7.16. The molecule has 2 fully saturated rings. The summed E-state index contributed by atoms with van der Waals surface area (Å²) >= 11 is 0. The van der Waals surface area contributed by atoms with Gasteiger partial charge in [-0.15, -0.1) is 0 Å². The van der Waals surface area contributed by atoms with Gasteiger partial charge in [-0.1, -0.05) is 0 Å². The minimum absolute atomic E-state index is 0.242. The van der Waals surface area contributed by atoms with Crippen molar-refractivity contribution in [3.63, 3.8) is 0 Å². The lowest BCUT2D eigenvalue weighted by Crippen LogP contribution is -2.68. The quantitative estimate of drug-likeness (QED) is 0.526. The molecule has 2 aliphatic heterocycles. The van der Waals surface area contributed by atoms with E-state index < -0.39 is 26.3 Å². The van der Waals surface area contributed by atoms with Crippen LogP contribution < -0.4 is 0 Å². The zero-order valence-electron chi connectivity index (χ0n) is 9.19. The fourth-order valence-corrected chi connectivity index (χ4v) is 4.39. The van der Waals surface area contributed by atoms with Gasteiger partial charge >= 0.3 is 9.24 Å². The Hall–Kier alpha value is -0.330. The van der Waals surface area contributed by atoms with Gasteiger partial charge in [0.05, 0.1) is 17.6 Å². The van der Waals surface area contributed by atoms with Gasteiger partial charge in [0.15, 0.2) is 0 Å². The smallest absolute Gasteiger partial charge is 0.324 e. The Morgan fingerprint density at radius 2 is 2.06 bits per heavy atom. The van der Waals surface area contributed by atoms with Crippen molar-refractivity contribution in [2.45, 2.75) is 44.2 Å². The summed E-state index contributed by atoms with van der Waals surface area (Å²) in [7, 11) is 1.31. The van der Waals surface area contributed by atoms with E-state index in [0.29, 0.717) is 19.4 Å². The van der Waals surface area contributed by atoms with Gasteiger partial charge in [-0.05, 0) is 20.3 Å². The molecule has 5 nitrogen and oxygen atoms in total. The molecule has 1 spiro atoms. The molecule has 2 aliphatic rings. The van der Waals surface area contributed by atoms with Crippen molar-refractivity contribution in [3.8, 4) is 0 Å². The summed E-state index contributed by atoms with van der Waals surface area (Å²) in [5.41, 5.74) is -1.07. The van der Waals surface area contributed by atoms with Crippen LogP contribution >= 0.6 is 10.7 Å². The second-order valence-corrected chi connectivity index (χ2v) is 7.40. The monoisotopic (exact) mass is 267 g/mol. The highest BCUT2D eigenvalue weighted by molar-refractivity contribution is 8.12. The minimum Gasteiger partial charge on any atom is -0.375 e. The number of halogens is 1. The normalized spacial score (nSPS) is 33.9. The van der Waals surface area contributed by atoms with Crippen molar-refractivity contribution in [3.05, 3.63) is 0 Å². The number of carbonyl (C=O) groups excluding carboxylic acids is 1. The summed E-state index contributed by atoms with van der Waals surface area (Å²) in [5.74, 6) is -0.423. The second-order valence-electron chi connectivity index (χ2n) is 5.04. The minimum atomic E-state index is -3.97. The number of hydrogen-bond acceptors (Lipinski definition) is 4. The van der Waals surface area contributed by atoms with Crippen molar-refractivity contribution in [1.82, 2.24) is 4.31 Å². The highest BCUT2D eigenvalue weighted by atomic mass is 35.7. The number of amides is 1. The molecule has 2 rings (SSSR count). The van der Waals surface area contributed by atoms with Crippen LogP contribution in [0.5, 0.6) is 0 Å². The maximum atomic E-state index is 11.4. The summed E-state index contributed by atoms with van der Waals surface area (Å²) in [6, 6.07) is 0. The average molecular weight is 268 g/mol. The zero-order chi connectivity index (χ0) is 12.2. The number of ether oxygens (including phenoxy) is 1. The second kappa shape index (κ2) is 3.34. The Bertz CT molecular complexity index is 433. The Morgan fingerprint density at radius 3 is 2.50 bits per heavy atom. The first-order valence-electron chi connectivity index (χ1n) is 5.08. The van der Waals surface area contributed by atoms with Crippen LogP contribution in [-0.2, 0) is 18.8 Å². The molecule has 0 aromatic heterocycles. The van der Waals surface area contributed by atoms with Gasteiger partial charge in [-0.2, -0.15) is 8.42 Å². The summed E-state index contributed by atoms with van der Waals surface area (Å²) in [6.45, 7) is 4.22. The van der Waals surface area contributed by atoms with Gasteiger partial charge < -0.3 is 4.74 Å². The molecule has 16 heavy (non-hydrogen) atoms. The predicted molar refractivity (Wildman–Crippen MR) is 58.2 cm³/mol. The third kappa shape index (κ3) is 1.83. The molecular formula is C9H14ClNO4S. The number of carbonyl (C=O) groups is 1. The highest BCUT2D eigenvalue weighted by Crippen LogP contribution is 2.47. The van der Waals surface area contributed by atoms with E-state index in [1.165, 1.54) is 0 Å². The van der Waals surface area contributed by atoms with Gasteiger partial charge in [0, 0.05) is 23.7 Å². The van der Waals surface area contributed by atoms with E-state index >= 15 is 0 Å². The lowest BCUT2D eigenvalue weighted by molar-refractivity contribution is -0.165. The average Bonchev–Trinajstić information content (AvgIpc) is 1.96. The first kappa shape index (κ1) is 12.1. The predicted octanol–water partition coefficient (Wildman–Crippen LogP) is 1.03. The Morgan fingerprint density at radius 1 is 1.44 bits per heavy atom. The molecular weight excluding hydrogens is 254 g/mol. The van der Waals surface area contributed by atoms with Crippen LogP contribution in [0.25, 0.3) is 0 Å². The fraction of sp³-hybridized carbons (Fsp3) is 0.889. The van der Waals surface area contributed by atoms with Crippen molar-refractivity contribution in [1.29, 1.82) is 0 Å². The van der Waals surface area contributed by atoms with Crippen LogP contribution in [0.1, 0.15) is 33.1 Å². The van der Waals surface area contributed by atoms with E-state index in [4.69, 9.17) is 15.4 Å². The lowest BCUT2D eigenvalue weighted by Gasteiger charge is -2.54. The van der Waals surface area contributed by atoms with Crippen LogP contribution in [0.3, 0.4) is 0 Å². The molecule has 1 amide bonds. The standard InChI is InChI=1S/C9H14ClNO4S/c1-8(2)6-9(3-4-15-8)5-7(12)11(9)16(10,13)14/h3-6H2,1-2H3. The molecule has 1 atom stereocenters. The molecule has 0 bridgehead atoms. The molecule has 7 heteroatoms. The van der Waals surface area contributed by atoms with E-state index in [-0.39, 0.29) is 6.42 Å². The summed E-state index contributed by atoms with van der Waals surface area (Å²) < 4.78 is 29.0. The van der Waals surface area contributed by atoms with Crippen molar-refractivity contribution < 1.29 is 17.9 Å². The van der Waals surface area contributed by atoms with E-state index in [1.54, 1.807) is 0 Å². The third-order valence-electron chi connectivity index (χ3n) is 3.17. The molecule has 2 heterocycles. The van der Waals surface area contributed by atoms with Gasteiger partial charge in [0.25, 0.3) is 0 Å². The number of hydrogen-bond donors (Lipinski definition) is 0. The molecule has 0 saturated carbocycles. The molecule has 92 valence electrons. The van der Waals surface area contributed by atoms with Crippen molar-refractivity contribution in [2.24, 2.45) is 0 Å². The molecule has 1 unspecified atom stereocenters. The van der Waals surface area contributed by atoms with E-state index in [0.717, 1.165) is 4.31 Å². The molecule has 0 aromatic carbocycles. The zero-order valence-corrected chi connectivity index (χ0v) is 10.8. The lowest BCUT2D eigenvalue weighted by atomic mass is 9.74. The third-order valence-corrected chi connectivity index (χ3v) is 4.61. The largest absolute Gasteiger partial charge is 0.375 e. The van der Waals surface area contributed by atoms with E-state index in [2.05, 4.69) is 0 Å². The maximum Gasteiger partial charge on any atom is 0.324 e. The molecule has 0 aliphatic carbocycles. The summed E-state index contributed by atoms with van der Waals surface area (Å²) in [5, 5.41) is 0. The Balaban J connectivity index is 2.30. The van der Waals surface area contributed by atoms with Crippen LogP contribution in [0.2, 0.25) is 0 Å². The molecule has 0 aromatic rings. The summed E-state index contributed by atoms with van der Waals surface area (Å²) in [4.78, 5) is 11.4. The van der Waals surface area contributed by atoms with Gasteiger partial charge in [0.1, 0.15) is 0 Å². The van der Waals surface area contributed by atoms with E-state index in [9.17, 15) is 13.2 Å². The molecule has 0 radical (unpaired) electrons. The van der Waals surface area contributed by atoms with Crippen LogP contribution in [0.15, 0.2) is 0 Å². The first-order valence-corrected chi connectivity index (χ1v) is 7.35.